The van der Waals surface area contributed by atoms with Crippen LogP contribution in [0.5, 0.6) is 0 Å². The van der Waals surface area contributed by atoms with Crippen molar-refractivity contribution in [3.05, 3.63) is 40.1 Å². The number of nitrogens with one attached hydrogen (secondary N) is 1. The quantitative estimate of drug-likeness (QED) is 0.914. The van der Waals surface area contributed by atoms with Crippen molar-refractivity contribution >= 4 is 22.9 Å². The van der Waals surface area contributed by atoms with Crippen molar-refractivity contribution in [3.63, 3.8) is 0 Å². The first-order valence-corrected chi connectivity index (χ1v) is 6.95. The summed E-state index contributed by atoms with van der Waals surface area (Å²) >= 11 is 7.30. The van der Waals surface area contributed by atoms with E-state index in [1.807, 2.05) is 5.38 Å². The highest BCUT2D eigenvalue weighted by Gasteiger charge is 2.10. The SMILES string of the molecule is CC(C)NCc1csc(-c2cc(Cl)ccc2F)n1. The number of benzene rings is 1. The van der Waals surface area contributed by atoms with Crippen molar-refractivity contribution in [1.29, 1.82) is 0 Å². The van der Waals surface area contributed by atoms with Crippen molar-refractivity contribution in [2.24, 2.45) is 0 Å². The van der Waals surface area contributed by atoms with Crippen LogP contribution in [-0.2, 0) is 6.54 Å². The summed E-state index contributed by atoms with van der Waals surface area (Å²) in [6.45, 7) is 4.84. The van der Waals surface area contributed by atoms with Gasteiger partial charge in [0.2, 0.25) is 0 Å². The van der Waals surface area contributed by atoms with E-state index in [0.29, 0.717) is 28.2 Å². The maximum absolute atomic E-state index is 13.7. The van der Waals surface area contributed by atoms with Crippen LogP contribution in [-0.4, -0.2) is 11.0 Å². The molecule has 0 amide bonds. The Kier molecular flexibility index (Phi) is 4.32. The predicted molar refractivity (Wildman–Crippen MR) is 74.5 cm³/mol. The molecule has 1 heterocycles. The molecule has 0 aliphatic heterocycles. The summed E-state index contributed by atoms with van der Waals surface area (Å²) in [6, 6.07) is 4.91. The molecule has 5 heteroatoms. The summed E-state index contributed by atoms with van der Waals surface area (Å²) in [6.07, 6.45) is 0. The summed E-state index contributed by atoms with van der Waals surface area (Å²) < 4.78 is 13.7. The molecule has 0 saturated heterocycles. The zero-order valence-corrected chi connectivity index (χ0v) is 11.8. The Bertz CT molecular complexity index is 540. The van der Waals surface area contributed by atoms with Gasteiger partial charge in [-0.15, -0.1) is 11.3 Å². The first kappa shape index (κ1) is 13.5. The number of aromatic nitrogens is 1. The lowest BCUT2D eigenvalue weighted by molar-refractivity contribution is 0.583. The molecule has 0 unspecified atom stereocenters. The normalized spacial score (nSPS) is 11.2. The standard InChI is InChI=1S/C13H14ClFN2S/c1-8(2)16-6-10-7-18-13(17-10)11-5-9(14)3-4-12(11)15/h3-5,7-8,16H,6H2,1-2H3. The number of hydrogen-bond donors (Lipinski definition) is 1. The minimum atomic E-state index is -0.294. The molecule has 1 aromatic heterocycles. The molecule has 2 aromatic rings. The van der Waals surface area contributed by atoms with Gasteiger partial charge >= 0.3 is 0 Å². The van der Waals surface area contributed by atoms with Gasteiger partial charge in [0.15, 0.2) is 0 Å². The lowest BCUT2D eigenvalue weighted by Gasteiger charge is -2.04. The molecular weight excluding hydrogens is 271 g/mol. The van der Waals surface area contributed by atoms with Crippen molar-refractivity contribution in [2.45, 2.75) is 26.4 Å². The second-order valence-electron chi connectivity index (χ2n) is 4.30. The fourth-order valence-corrected chi connectivity index (χ4v) is 2.49. The Morgan fingerprint density at radius 3 is 2.94 bits per heavy atom. The van der Waals surface area contributed by atoms with E-state index >= 15 is 0 Å². The van der Waals surface area contributed by atoms with Gasteiger partial charge in [0.05, 0.1) is 5.69 Å². The highest BCUT2D eigenvalue weighted by molar-refractivity contribution is 7.13. The van der Waals surface area contributed by atoms with Gasteiger partial charge < -0.3 is 5.32 Å². The molecule has 2 rings (SSSR count). The van der Waals surface area contributed by atoms with Crippen LogP contribution < -0.4 is 5.32 Å². The summed E-state index contributed by atoms with van der Waals surface area (Å²) in [7, 11) is 0. The average Bonchev–Trinajstić information content (AvgIpc) is 2.78. The molecule has 96 valence electrons. The molecule has 0 fully saturated rings. The average molecular weight is 285 g/mol. The van der Waals surface area contributed by atoms with Crippen LogP contribution >= 0.6 is 22.9 Å². The number of thiazole rings is 1. The maximum Gasteiger partial charge on any atom is 0.133 e. The molecule has 0 saturated carbocycles. The molecule has 0 bridgehead atoms. The Labute approximate surface area is 115 Å². The maximum atomic E-state index is 13.7. The highest BCUT2D eigenvalue weighted by Crippen LogP contribution is 2.28. The minimum Gasteiger partial charge on any atom is -0.309 e. The van der Waals surface area contributed by atoms with Gasteiger partial charge in [0, 0.05) is 28.6 Å². The number of rotatable bonds is 4. The van der Waals surface area contributed by atoms with E-state index in [0.717, 1.165) is 5.69 Å². The molecule has 0 aliphatic carbocycles. The first-order valence-electron chi connectivity index (χ1n) is 5.69. The summed E-state index contributed by atoms with van der Waals surface area (Å²) in [5.41, 5.74) is 1.38. The lowest BCUT2D eigenvalue weighted by atomic mass is 10.2. The third-order valence-electron chi connectivity index (χ3n) is 2.40. The van der Waals surface area contributed by atoms with Gasteiger partial charge in [-0.3, -0.25) is 0 Å². The minimum absolute atomic E-state index is 0.294. The summed E-state index contributed by atoms with van der Waals surface area (Å²) in [5.74, 6) is -0.294. The molecule has 1 aromatic carbocycles. The summed E-state index contributed by atoms with van der Waals surface area (Å²) in [5, 5.41) is 6.39. The molecule has 0 atom stereocenters. The first-order chi connectivity index (χ1) is 8.56. The number of halogens is 2. The number of hydrogen-bond acceptors (Lipinski definition) is 3. The van der Waals surface area contributed by atoms with Crippen molar-refractivity contribution in [2.75, 3.05) is 0 Å². The van der Waals surface area contributed by atoms with Crippen molar-refractivity contribution in [3.8, 4) is 10.6 Å². The molecule has 0 radical (unpaired) electrons. The van der Waals surface area contributed by atoms with E-state index in [1.165, 1.54) is 23.5 Å². The largest absolute Gasteiger partial charge is 0.309 e. The van der Waals surface area contributed by atoms with E-state index in [2.05, 4.69) is 24.1 Å². The second-order valence-corrected chi connectivity index (χ2v) is 5.60. The zero-order valence-electron chi connectivity index (χ0n) is 10.2. The van der Waals surface area contributed by atoms with Gasteiger partial charge in [0.1, 0.15) is 10.8 Å². The van der Waals surface area contributed by atoms with Crippen LogP contribution in [0.25, 0.3) is 10.6 Å². The topological polar surface area (TPSA) is 24.9 Å². The fourth-order valence-electron chi connectivity index (χ4n) is 1.48. The fraction of sp³-hybridized carbons (Fsp3) is 0.308. The third kappa shape index (κ3) is 3.28. The third-order valence-corrected chi connectivity index (χ3v) is 3.56. The van der Waals surface area contributed by atoms with Gasteiger partial charge in [-0.1, -0.05) is 25.4 Å². The Morgan fingerprint density at radius 1 is 1.44 bits per heavy atom. The van der Waals surface area contributed by atoms with Crippen LogP contribution in [0.4, 0.5) is 4.39 Å². The lowest BCUT2D eigenvalue weighted by Crippen LogP contribution is -2.21. The Hall–Kier alpha value is -0.970. The van der Waals surface area contributed by atoms with E-state index < -0.39 is 0 Å². The monoisotopic (exact) mass is 284 g/mol. The van der Waals surface area contributed by atoms with Gasteiger partial charge in [-0.2, -0.15) is 0 Å². The predicted octanol–water partition coefficient (Wildman–Crippen LogP) is 4.10. The molecule has 0 aliphatic rings. The van der Waals surface area contributed by atoms with E-state index in [-0.39, 0.29) is 5.82 Å². The van der Waals surface area contributed by atoms with Gasteiger partial charge in [0.25, 0.3) is 0 Å². The molecular formula is C13H14ClFN2S. The van der Waals surface area contributed by atoms with E-state index in [1.54, 1.807) is 6.07 Å². The molecule has 1 N–H and O–H groups in total. The summed E-state index contributed by atoms with van der Waals surface area (Å²) in [4.78, 5) is 4.41. The van der Waals surface area contributed by atoms with E-state index in [4.69, 9.17) is 11.6 Å². The van der Waals surface area contributed by atoms with Crippen LogP contribution in [0.3, 0.4) is 0 Å². The highest BCUT2D eigenvalue weighted by atomic mass is 35.5. The molecule has 0 spiro atoms. The van der Waals surface area contributed by atoms with Crippen LogP contribution in [0.1, 0.15) is 19.5 Å². The van der Waals surface area contributed by atoms with Crippen LogP contribution in [0.2, 0.25) is 5.02 Å². The van der Waals surface area contributed by atoms with Crippen LogP contribution in [0.15, 0.2) is 23.6 Å². The van der Waals surface area contributed by atoms with Gasteiger partial charge in [-0.25, -0.2) is 9.37 Å². The Balaban J connectivity index is 2.21. The van der Waals surface area contributed by atoms with Crippen molar-refractivity contribution < 1.29 is 4.39 Å². The van der Waals surface area contributed by atoms with E-state index in [9.17, 15) is 4.39 Å². The second kappa shape index (κ2) is 5.78. The van der Waals surface area contributed by atoms with Crippen LogP contribution in [0, 0.1) is 5.82 Å². The number of nitrogens with zero attached hydrogens (tertiary/aromatic N) is 1. The van der Waals surface area contributed by atoms with Gasteiger partial charge in [-0.05, 0) is 18.2 Å². The smallest absolute Gasteiger partial charge is 0.133 e. The zero-order chi connectivity index (χ0) is 13.1. The van der Waals surface area contributed by atoms with Crippen molar-refractivity contribution in [1.82, 2.24) is 10.3 Å². The molecule has 18 heavy (non-hydrogen) atoms. The molecule has 2 nitrogen and oxygen atoms in total. The Morgan fingerprint density at radius 2 is 2.22 bits per heavy atom.